The fourth-order valence-electron chi connectivity index (χ4n) is 4.92. The van der Waals surface area contributed by atoms with Crippen LogP contribution in [0.2, 0.25) is 0 Å². The summed E-state index contributed by atoms with van der Waals surface area (Å²) >= 11 is 0. The third kappa shape index (κ3) is 5.14. The van der Waals surface area contributed by atoms with E-state index in [0.717, 1.165) is 36.8 Å². The van der Waals surface area contributed by atoms with Gasteiger partial charge < -0.3 is 20.1 Å². The molecule has 10 heteroatoms. The van der Waals surface area contributed by atoms with Gasteiger partial charge in [0.25, 0.3) is 5.91 Å². The molecular weight excluding hydrogens is 474 g/mol. The van der Waals surface area contributed by atoms with Gasteiger partial charge in [-0.3, -0.25) is 19.5 Å². The molecule has 194 valence electrons. The van der Waals surface area contributed by atoms with Gasteiger partial charge in [-0.15, -0.1) is 0 Å². The lowest BCUT2D eigenvalue weighted by molar-refractivity contribution is -0.158. The second-order valence-electron chi connectivity index (χ2n) is 9.86. The van der Waals surface area contributed by atoms with Gasteiger partial charge in [0.15, 0.2) is 5.69 Å². The summed E-state index contributed by atoms with van der Waals surface area (Å²) < 4.78 is 11.1. The average Bonchev–Trinajstić information content (AvgIpc) is 3.57. The zero-order valence-corrected chi connectivity index (χ0v) is 21.1. The van der Waals surface area contributed by atoms with Gasteiger partial charge in [-0.05, 0) is 62.3 Å². The van der Waals surface area contributed by atoms with Crippen LogP contribution in [-0.2, 0) is 14.3 Å². The lowest BCUT2D eigenvalue weighted by atomic mass is 9.97. The number of aromatic nitrogens is 3. The number of ether oxygens (including phenoxy) is 2. The van der Waals surface area contributed by atoms with E-state index in [1.807, 2.05) is 18.2 Å². The molecule has 2 aromatic heterocycles. The van der Waals surface area contributed by atoms with Gasteiger partial charge in [0.05, 0.1) is 18.0 Å². The van der Waals surface area contributed by atoms with Crippen LogP contribution in [0.25, 0.3) is 22.0 Å². The molecule has 0 radical (unpaired) electrons. The number of hydrogen-bond donors (Lipinski definition) is 3. The van der Waals surface area contributed by atoms with Gasteiger partial charge in [0.2, 0.25) is 11.8 Å². The Morgan fingerprint density at radius 2 is 1.89 bits per heavy atom. The summed E-state index contributed by atoms with van der Waals surface area (Å²) in [5.74, 6) is -0.533. The Morgan fingerprint density at radius 3 is 2.59 bits per heavy atom. The number of hydrogen-bond acceptors (Lipinski definition) is 7. The first-order valence-electron chi connectivity index (χ1n) is 12.7. The van der Waals surface area contributed by atoms with Crippen LogP contribution >= 0.6 is 0 Å². The van der Waals surface area contributed by atoms with Crippen LogP contribution in [-0.4, -0.2) is 53.2 Å². The molecule has 2 saturated carbocycles. The fraction of sp³-hybridized carbons (Fsp3) is 0.444. The fourth-order valence-corrected chi connectivity index (χ4v) is 4.92. The Morgan fingerprint density at radius 1 is 1.11 bits per heavy atom. The number of nitrogens with zero attached hydrogens (tertiary/aromatic N) is 2. The second kappa shape index (κ2) is 10.2. The van der Waals surface area contributed by atoms with Crippen molar-refractivity contribution in [2.75, 3.05) is 19.5 Å². The van der Waals surface area contributed by atoms with Crippen LogP contribution in [0.3, 0.4) is 0 Å². The molecule has 0 unspecified atom stereocenters. The van der Waals surface area contributed by atoms with E-state index in [9.17, 15) is 14.4 Å². The molecule has 2 fully saturated rings. The van der Waals surface area contributed by atoms with Gasteiger partial charge in [-0.2, -0.15) is 5.10 Å². The average molecular weight is 506 g/mol. The number of fused-ring (bicyclic) bond motifs is 1. The molecule has 10 nitrogen and oxygen atoms in total. The molecule has 5 rings (SSSR count). The van der Waals surface area contributed by atoms with Crippen molar-refractivity contribution in [1.82, 2.24) is 20.5 Å². The number of H-pyrrole nitrogens is 1. The Hall–Kier alpha value is -3.95. The number of rotatable bonds is 8. The highest BCUT2D eigenvalue weighted by atomic mass is 16.5. The summed E-state index contributed by atoms with van der Waals surface area (Å²) in [6, 6.07) is 7.32. The largest absolute Gasteiger partial charge is 0.480 e. The first-order valence-corrected chi connectivity index (χ1v) is 12.7. The summed E-state index contributed by atoms with van der Waals surface area (Å²) in [5, 5.41) is 13.2. The second-order valence-corrected chi connectivity index (χ2v) is 9.86. The number of benzene rings is 1. The summed E-state index contributed by atoms with van der Waals surface area (Å²) in [5.41, 5.74) is 2.27. The normalized spacial score (nSPS) is 16.7. The maximum Gasteiger partial charge on any atom is 0.312 e. The molecule has 0 aliphatic heterocycles. The van der Waals surface area contributed by atoms with E-state index < -0.39 is 5.41 Å². The van der Waals surface area contributed by atoms with Crippen LogP contribution in [0.5, 0.6) is 5.88 Å². The summed E-state index contributed by atoms with van der Waals surface area (Å²) in [6.07, 6.45) is 8.15. The van der Waals surface area contributed by atoms with Gasteiger partial charge in [-0.1, -0.05) is 12.5 Å². The van der Waals surface area contributed by atoms with Crippen molar-refractivity contribution < 1.29 is 23.9 Å². The standard InChI is InChI=1S/C27H31N5O5/c1-28-24(34)23-19-9-8-16(12-20(19)31-32-23)17-13-21(25(36-2)29-15-17)30-22(33)14-27(10-11-27)26(35)37-18-6-4-3-5-7-18/h8-9,12-13,15,18H,3-7,10-11,14H2,1-2H3,(H,28,34)(H,30,33)(H,31,32). The Bertz CT molecular complexity index is 1340. The van der Waals surface area contributed by atoms with Crippen LogP contribution < -0.4 is 15.4 Å². The maximum absolute atomic E-state index is 13.0. The molecule has 3 aromatic rings. The summed E-state index contributed by atoms with van der Waals surface area (Å²) in [6.45, 7) is 0. The van der Waals surface area contributed by atoms with Crippen molar-refractivity contribution in [2.24, 2.45) is 5.41 Å². The molecule has 0 spiro atoms. The molecule has 2 amide bonds. The van der Waals surface area contributed by atoms with Gasteiger partial charge in [0, 0.05) is 30.6 Å². The number of pyridine rings is 1. The molecule has 1 aromatic carbocycles. The third-order valence-electron chi connectivity index (χ3n) is 7.27. The van der Waals surface area contributed by atoms with E-state index in [-0.39, 0.29) is 36.2 Å². The van der Waals surface area contributed by atoms with Crippen molar-refractivity contribution in [3.8, 4) is 17.0 Å². The highest BCUT2D eigenvalue weighted by Crippen LogP contribution is 2.50. The minimum Gasteiger partial charge on any atom is -0.480 e. The van der Waals surface area contributed by atoms with Crippen molar-refractivity contribution in [3.05, 3.63) is 36.2 Å². The van der Waals surface area contributed by atoms with Gasteiger partial charge in [0.1, 0.15) is 11.8 Å². The number of nitrogens with one attached hydrogen (secondary N) is 3. The number of aromatic amines is 1. The van der Waals surface area contributed by atoms with E-state index in [1.54, 1.807) is 19.3 Å². The van der Waals surface area contributed by atoms with Gasteiger partial charge in [-0.25, -0.2) is 4.98 Å². The Labute approximate surface area is 214 Å². The van der Waals surface area contributed by atoms with Crippen molar-refractivity contribution in [3.63, 3.8) is 0 Å². The SMILES string of the molecule is CNC(=O)c1n[nH]c2cc(-c3cnc(OC)c(NC(=O)CC4(C(=O)OC5CCCCC5)CC4)c3)ccc12. The lowest BCUT2D eigenvalue weighted by Gasteiger charge is -2.24. The monoisotopic (exact) mass is 505 g/mol. The van der Waals surface area contributed by atoms with Crippen molar-refractivity contribution in [1.29, 1.82) is 0 Å². The van der Waals surface area contributed by atoms with E-state index in [4.69, 9.17) is 9.47 Å². The third-order valence-corrected chi connectivity index (χ3v) is 7.27. The predicted octanol–water partition coefficient (Wildman–Crippen LogP) is 3.98. The zero-order chi connectivity index (χ0) is 26.0. The van der Waals surface area contributed by atoms with Crippen molar-refractivity contribution in [2.45, 2.75) is 57.5 Å². The number of carbonyl (C=O) groups is 3. The van der Waals surface area contributed by atoms with Crippen molar-refractivity contribution >= 4 is 34.4 Å². The van der Waals surface area contributed by atoms with Gasteiger partial charge >= 0.3 is 5.97 Å². The van der Waals surface area contributed by atoms with Crippen LogP contribution in [0.4, 0.5) is 5.69 Å². The zero-order valence-electron chi connectivity index (χ0n) is 21.1. The first-order chi connectivity index (χ1) is 17.9. The highest BCUT2D eigenvalue weighted by Gasteiger charge is 2.53. The summed E-state index contributed by atoms with van der Waals surface area (Å²) in [4.78, 5) is 42.2. The molecule has 0 bridgehead atoms. The van der Waals surface area contributed by atoms with E-state index >= 15 is 0 Å². The topological polar surface area (TPSA) is 135 Å². The number of anilines is 1. The van der Waals surface area contributed by atoms with Crippen LogP contribution in [0.1, 0.15) is 61.9 Å². The molecule has 0 atom stereocenters. The molecular formula is C27H31N5O5. The number of esters is 1. The molecule has 2 heterocycles. The van der Waals surface area contributed by atoms with E-state index in [0.29, 0.717) is 35.1 Å². The number of amides is 2. The van der Waals surface area contributed by atoms with E-state index in [1.165, 1.54) is 13.5 Å². The predicted molar refractivity (Wildman–Crippen MR) is 137 cm³/mol. The smallest absolute Gasteiger partial charge is 0.312 e. The number of carbonyl (C=O) groups excluding carboxylic acids is 3. The lowest BCUT2D eigenvalue weighted by Crippen LogP contribution is -2.30. The minimum atomic E-state index is -0.728. The molecule has 3 N–H and O–H groups in total. The molecule has 2 aliphatic carbocycles. The van der Waals surface area contributed by atoms with Crippen LogP contribution in [0.15, 0.2) is 30.5 Å². The van der Waals surface area contributed by atoms with Crippen LogP contribution in [0, 0.1) is 5.41 Å². The molecule has 2 aliphatic rings. The summed E-state index contributed by atoms with van der Waals surface area (Å²) in [7, 11) is 3.04. The first kappa shape index (κ1) is 24.7. The number of methoxy groups -OCH3 is 1. The maximum atomic E-state index is 13.0. The van der Waals surface area contributed by atoms with E-state index in [2.05, 4.69) is 25.8 Å². The molecule has 0 saturated heterocycles. The Kier molecular flexibility index (Phi) is 6.82. The highest BCUT2D eigenvalue weighted by molar-refractivity contribution is 6.05. The Balaban J connectivity index is 1.31. The quantitative estimate of drug-likeness (QED) is 0.394. The molecule has 37 heavy (non-hydrogen) atoms. The minimum absolute atomic E-state index is 0.0255.